The predicted molar refractivity (Wildman–Crippen MR) is 121 cm³/mol. The Morgan fingerprint density at radius 2 is 1.84 bits per heavy atom. The Bertz CT molecular complexity index is 898. The lowest BCUT2D eigenvalue weighted by atomic mass is 9.58. The van der Waals surface area contributed by atoms with Gasteiger partial charge in [-0.2, -0.15) is 0 Å². The van der Waals surface area contributed by atoms with Crippen molar-refractivity contribution in [3.63, 3.8) is 0 Å². The van der Waals surface area contributed by atoms with Crippen molar-refractivity contribution in [2.24, 2.45) is 28.9 Å². The Morgan fingerprint density at radius 1 is 1.08 bits per heavy atom. The Hall–Kier alpha value is -2.22. The molecular weight excluding hydrogens is 490 g/mol. The highest BCUT2D eigenvalue weighted by atomic mass is 17.3. The zero-order valence-electron chi connectivity index (χ0n) is 21.7. The van der Waals surface area contributed by atoms with Gasteiger partial charge in [0.1, 0.15) is 0 Å². The van der Waals surface area contributed by atoms with E-state index < -0.39 is 42.7 Å². The van der Waals surface area contributed by atoms with Gasteiger partial charge in [-0.3, -0.25) is 9.59 Å². The smallest absolute Gasteiger partial charge is 0.309 e. The van der Waals surface area contributed by atoms with Crippen LogP contribution in [0.25, 0.3) is 0 Å². The average molecular weight is 528 g/mol. The van der Waals surface area contributed by atoms with E-state index in [9.17, 15) is 14.8 Å². The van der Waals surface area contributed by atoms with Crippen LogP contribution in [0.1, 0.15) is 72.1 Å². The fourth-order valence-corrected chi connectivity index (χ4v) is 6.56. The van der Waals surface area contributed by atoms with Crippen LogP contribution in [0.15, 0.2) is 5.28 Å². The van der Waals surface area contributed by atoms with E-state index in [1.807, 2.05) is 13.8 Å². The molecule has 0 aromatic rings. The van der Waals surface area contributed by atoms with Crippen molar-refractivity contribution in [1.82, 2.24) is 5.01 Å². The molecule has 0 aromatic carbocycles. The lowest BCUT2D eigenvalue weighted by Crippen LogP contribution is -2.70. The fourth-order valence-electron chi connectivity index (χ4n) is 6.56. The Labute approximate surface area is 215 Å². The van der Waals surface area contributed by atoms with Gasteiger partial charge in [-0.05, 0) is 50.9 Å². The molecule has 0 radical (unpaired) electrons. The molecule has 6 aliphatic rings. The monoisotopic (exact) mass is 527 g/mol. The normalized spacial score (nSPS) is 41.1. The van der Waals surface area contributed by atoms with Gasteiger partial charge in [0.2, 0.25) is 17.4 Å². The van der Waals surface area contributed by atoms with Gasteiger partial charge in [0.25, 0.3) is 6.79 Å². The van der Waals surface area contributed by atoms with Crippen LogP contribution in [0, 0.1) is 28.9 Å². The molecule has 5 heterocycles. The van der Waals surface area contributed by atoms with Crippen LogP contribution in [0.4, 0.5) is 0 Å². The number of hydrazine groups is 1. The number of carbonyl (C=O) groups is 2. The summed E-state index contributed by atoms with van der Waals surface area (Å²) in [5.41, 5.74) is -0.737. The van der Waals surface area contributed by atoms with Gasteiger partial charge in [0.15, 0.2) is 11.9 Å². The molecule has 208 valence electrons. The summed E-state index contributed by atoms with van der Waals surface area (Å²) in [4.78, 5) is 41.5. The standard InChI is InChI=1S/C24H37N3O10/c1-15-6-7-18-16(2)21(34-22-24(18)17(15)10-11-23(3,35-22)36-37-24)33-20(29)9-8-19(28)31-14-32-25-27(30)26-12-4-5-13-26/h15-18,21-22H,4-14H2,1-3H3/b27-25-/t15-,16-,17+,18+,21+,22-,23-,24-/m1/s1. The first-order valence-corrected chi connectivity index (χ1v) is 13.3. The van der Waals surface area contributed by atoms with Gasteiger partial charge in [-0.1, -0.05) is 13.8 Å². The number of esters is 2. The molecule has 6 fully saturated rings. The lowest BCUT2D eigenvalue weighted by Gasteiger charge is -2.59. The van der Waals surface area contributed by atoms with Crippen LogP contribution >= 0.6 is 0 Å². The molecule has 13 nitrogen and oxygen atoms in total. The first kappa shape index (κ1) is 26.4. The van der Waals surface area contributed by atoms with Crippen LogP contribution in [0.2, 0.25) is 0 Å². The minimum absolute atomic E-state index is 0.0277. The van der Waals surface area contributed by atoms with E-state index in [4.69, 9.17) is 33.6 Å². The second-order valence-electron chi connectivity index (χ2n) is 11.0. The molecule has 0 amide bonds. The summed E-state index contributed by atoms with van der Waals surface area (Å²) < 4.78 is 23.0. The van der Waals surface area contributed by atoms with E-state index in [1.165, 1.54) is 5.01 Å². The van der Waals surface area contributed by atoms with Gasteiger partial charge in [0, 0.05) is 18.3 Å². The topological polar surface area (TPSA) is 140 Å². The highest BCUT2D eigenvalue weighted by molar-refractivity contribution is 5.77. The molecule has 0 aromatic heterocycles. The fraction of sp³-hybridized carbons (Fsp3) is 0.917. The van der Waals surface area contributed by atoms with Crippen molar-refractivity contribution in [1.29, 1.82) is 0 Å². The minimum atomic E-state index is -0.914. The summed E-state index contributed by atoms with van der Waals surface area (Å²) >= 11 is 0. The van der Waals surface area contributed by atoms with Gasteiger partial charge in [-0.25, -0.2) is 9.78 Å². The zero-order chi connectivity index (χ0) is 26.2. The number of nitrogens with zero attached hydrogens (tertiary/aromatic N) is 3. The number of ether oxygens (including phenoxy) is 4. The summed E-state index contributed by atoms with van der Waals surface area (Å²) in [6.45, 7) is 6.75. The van der Waals surface area contributed by atoms with E-state index >= 15 is 0 Å². The second kappa shape index (κ2) is 10.5. The molecule has 1 aliphatic carbocycles. The first-order valence-electron chi connectivity index (χ1n) is 13.3. The molecule has 8 atom stereocenters. The molecule has 2 bridgehead atoms. The number of hydrogen-bond donors (Lipinski definition) is 0. The number of rotatable bonds is 8. The van der Waals surface area contributed by atoms with E-state index in [0.29, 0.717) is 30.4 Å². The van der Waals surface area contributed by atoms with Gasteiger partial charge in [-0.15, -0.1) is 5.01 Å². The van der Waals surface area contributed by atoms with Crippen LogP contribution in [0.5, 0.6) is 0 Å². The van der Waals surface area contributed by atoms with Crippen molar-refractivity contribution in [2.45, 2.75) is 96.1 Å². The molecule has 0 unspecified atom stereocenters. The molecule has 1 saturated carbocycles. The van der Waals surface area contributed by atoms with Crippen LogP contribution in [-0.4, -0.2) is 65.8 Å². The third-order valence-electron chi connectivity index (χ3n) is 8.60. The Kier molecular flexibility index (Phi) is 7.49. The van der Waals surface area contributed by atoms with Gasteiger partial charge < -0.3 is 29.0 Å². The maximum Gasteiger partial charge on any atom is 0.309 e. The van der Waals surface area contributed by atoms with Crippen molar-refractivity contribution in [2.75, 3.05) is 19.9 Å². The zero-order valence-corrected chi connectivity index (χ0v) is 21.7. The van der Waals surface area contributed by atoms with Crippen molar-refractivity contribution >= 4 is 11.9 Å². The summed E-state index contributed by atoms with van der Waals surface area (Å²) in [5, 5.41) is 16.5. The van der Waals surface area contributed by atoms with E-state index in [0.717, 1.165) is 32.1 Å². The van der Waals surface area contributed by atoms with Crippen molar-refractivity contribution < 1.29 is 48.1 Å². The molecular formula is C24H37N3O10. The minimum Gasteiger partial charge on any atom is -0.569 e. The summed E-state index contributed by atoms with van der Waals surface area (Å²) in [6.07, 6.45) is 3.41. The number of hydrogen-bond acceptors (Lipinski definition) is 11. The quantitative estimate of drug-likeness (QED) is 0.0875. The summed E-state index contributed by atoms with van der Waals surface area (Å²) in [6, 6.07) is 0. The Balaban J connectivity index is 1.11. The highest BCUT2D eigenvalue weighted by Crippen LogP contribution is 2.60. The van der Waals surface area contributed by atoms with E-state index in [1.54, 1.807) is 0 Å². The van der Waals surface area contributed by atoms with Crippen LogP contribution < -0.4 is 0 Å². The van der Waals surface area contributed by atoms with E-state index in [2.05, 4.69) is 12.2 Å². The summed E-state index contributed by atoms with van der Waals surface area (Å²) in [7, 11) is 0. The largest absolute Gasteiger partial charge is 0.569 e. The Morgan fingerprint density at radius 3 is 2.62 bits per heavy atom. The molecule has 37 heavy (non-hydrogen) atoms. The average Bonchev–Trinajstić information content (AvgIpc) is 3.32. The SMILES string of the molecule is C[C@H]1[C@@H](OC(=O)CCC(=O)OCO/N=[N+](\[O-])N2CCCC2)O[C@@H]2O[C@@]3(C)CC[C@H]4[C@H](C)CC[C@@H]1[C@@]24OO3. The van der Waals surface area contributed by atoms with Crippen molar-refractivity contribution in [3.05, 3.63) is 5.21 Å². The van der Waals surface area contributed by atoms with Crippen molar-refractivity contribution in [3.8, 4) is 0 Å². The maximum absolute atomic E-state index is 12.6. The number of fused-ring (bicyclic) bond motifs is 2. The number of carbonyl (C=O) groups excluding carboxylic acids is 2. The molecule has 5 aliphatic heterocycles. The van der Waals surface area contributed by atoms with Crippen LogP contribution in [-0.2, 0) is 43.1 Å². The molecule has 13 heteroatoms. The molecule has 1 spiro atoms. The first-order chi connectivity index (χ1) is 17.7. The third kappa shape index (κ3) is 5.10. The second-order valence-corrected chi connectivity index (χ2v) is 11.0. The molecule has 0 N–H and O–H groups in total. The predicted octanol–water partition coefficient (Wildman–Crippen LogP) is 2.92. The molecule has 5 saturated heterocycles. The van der Waals surface area contributed by atoms with Gasteiger partial charge >= 0.3 is 11.9 Å². The third-order valence-corrected chi connectivity index (χ3v) is 8.60. The van der Waals surface area contributed by atoms with Gasteiger partial charge in [0.05, 0.1) is 30.9 Å². The highest BCUT2D eigenvalue weighted by Gasteiger charge is 2.69. The van der Waals surface area contributed by atoms with E-state index in [-0.39, 0.29) is 30.6 Å². The maximum atomic E-state index is 12.6. The van der Waals surface area contributed by atoms with Crippen LogP contribution in [0.3, 0.4) is 0 Å². The summed E-state index contributed by atoms with van der Waals surface area (Å²) in [5.74, 6) is -1.65. The molecule has 6 rings (SSSR count). The lowest BCUT2D eigenvalue weighted by molar-refractivity contribution is -0.708.